The highest BCUT2D eigenvalue weighted by atomic mass is 16.6. The molecule has 0 saturated heterocycles. The Bertz CT molecular complexity index is 136. The minimum absolute atomic E-state index is 0.177. The molecule has 0 amide bonds. The van der Waals surface area contributed by atoms with E-state index >= 15 is 0 Å². The molecule has 0 spiro atoms. The van der Waals surface area contributed by atoms with Crippen LogP contribution in [0, 0.1) is 0 Å². The van der Waals surface area contributed by atoms with E-state index < -0.39 is 0 Å². The third-order valence-electron chi connectivity index (χ3n) is 1.40. The van der Waals surface area contributed by atoms with Crippen molar-refractivity contribution in [2.24, 2.45) is 0 Å². The molecular weight excluding hydrogens is 172 g/mol. The third kappa shape index (κ3) is 7.74. The van der Waals surface area contributed by atoms with Crippen LogP contribution in [-0.4, -0.2) is 39.0 Å². The van der Waals surface area contributed by atoms with E-state index in [0.29, 0.717) is 26.2 Å². The monoisotopic (exact) mass is 190 g/mol. The van der Waals surface area contributed by atoms with E-state index in [1.54, 1.807) is 14.0 Å². The van der Waals surface area contributed by atoms with Crippen LogP contribution in [-0.2, 0) is 19.0 Å². The SMILES string of the molecule is CCOCC(C)OC(=O)CCOC. The van der Waals surface area contributed by atoms with Gasteiger partial charge in [-0.2, -0.15) is 0 Å². The van der Waals surface area contributed by atoms with Crippen LogP contribution >= 0.6 is 0 Å². The molecule has 0 N–H and O–H groups in total. The molecule has 0 aliphatic rings. The van der Waals surface area contributed by atoms with Crippen LogP contribution in [0.1, 0.15) is 20.3 Å². The summed E-state index contributed by atoms with van der Waals surface area (Å²) in [7, 11) is 1.55. The van der Waals surface area contributed by atoms with E-state index in [4.69, 9.17) is 14.2 Å². The van der Waals surface area contributed by atoms with Gasteiger partial charge in [0.15, 0.2) is 0 Å². The number of esters is 1. The fourth-order valence-electron chi connectivity index (χ4n) is 0.787. The Labute approximate surface area is 79.2 Å². The molecule has 0 fully saturated rings. The van der Waals surface area contributed by atoms with E-state index in [-0.39, 0.29) is 12.1 Å². The zero-order valence-electron chi connectivity index (χ0n) is 8.54. The van der Waals surface area contributed by atoms with Gasteiger partial charge >= 0.3 is 5.97 Å². The molecule has 0 radical (unpaired) electrons. The summed E-state index contributed by atoms with van der Waals surface area (Å²) in [6.07, 6.45) is 0.122. The Kier molecular flexibility index (Phi) is 7.63. The Morgan fingerprint density at radius 3 is 2.69 bits per heavy atom. The topological polar surface area (TPSA) is 44.8 Å². The first-order chi connectivity index (χ1) is 6.20. The van der Waals surface area contributed by atoms with E-state index in [2.05, 4.69) is 0 Å². The van der Waals surface area contributed by atoms with Gasteiger partial charge in [-0.05, 0) is 13.8 Å². The van der Waals surface area contributed by atoms with Crippen LogP contribution in [0.3, 0.4) is 0 Å². The van der Waals surface area contributed by atoms with Gasteiger partial charge in [-0.15, -0.1) is 0 Å². The summed E-state index contributed by atoms with van der Waals surface area (Å²) in [5.74, 6) is -0.242. The number of rotatable bonds is 7. The molecule has 13 heavy (non-hydrogen) atoms. The minimum atomic E-state index is -0.242. The second kappa shape index (κ2) is 8.01. The quantitative estimate of drug-likeness (QED) is 0.562. The van der Waals surface area contributed by atoms with Crippen molar-refractivity contribution in [3.05, 3.63) is 0 Å². The predicted octanol–water partition coefficient (Wildman–Crippen LogP) is 0.991. The first-order valence-electron chi connectivity index (χ1n) is 4.46. The molecule has 0 aliphatic heterocycles. The largest absolute Gasteiger partial charge is 0.460 e. The minimum Gasteiger partial charge on any atom is -0.460 e. The summed E-state index contributed by atoms with van der Waals surface area (Å²) >= 11 is 0. The standard InChI is InChI=1S/C9H18O4/c1-4-12-7-8(2)13-9(10)5-6-11-3/h8H,4-7H2,1-3H3. The molecule has 0 aromatic rings. The van der Waals surface area contributed by atoms with E-state index in [1.165, 1.54) is 0 Å². The average molecular weight is 190 g/mol. The first kappa shape index (κ1) is 12.4. The molecule has 4 heteroatoms. The highest BCUT2D eigenvalue weighted by Crippen LogP contribution is 1.95. The van der Waals surface area contributed by atoms with Gasteiger partial charge < -0.3 is 14.2 Å². The lowest BCUT2D eigenvalue weighted by Crippen LogP contribution is -2.21. The molecule has 0 aromatic heterocycles. The van der Waals surface area contributed by atoms with E-state index in [0.717, 1.165) is 0 Å². The van der Waals surface area contributed by atoms with Gasteiger partial charge in [0.05, 0.1) is 19.6 Å². The Morgan fingerprint density at radius 2 is 2.15 bits per heavy atom. The third-order valence-corrected chi connectivity index (χ3v) is 1.40. The highest BCUT2D eigenvalue weighted by Gasteiger charge is 2.08. The van der Waals surface area contributed by atoms with Crippen LogP contribution in [0.2, 0.25) is 0 Å². The highest BCUT2D eigenvalue weighted by molar-refractivity contribution is 5.69. The second-order valence-corrected chi connectivity index (χ2v) is 2.70. The first-order valence-corrected chi connectivity index (χ1v) is 4.46. The van der Waals surface area contributed by atoms with Crippen LogP contribution in [0.15, 0.2) is 0 Å². The molecule has 0 bridgehead atoms. The molecular formula is C9H18O4. The lowest BCUT2D eigenvalue weighted by molar-refractivity contribution is -0.151. The number of hydrogen-bond acceptors (Lipinski definition) is 4. The average Bonchev–Trinajstić information content (AvgIpc) is 2.11. The summed E-state index contributed by atoms with van der Waals surface area (Å²) < 4.78 is 14.8. The normalized spacial score (nSPS) is 12.5. The lowest BCUT2D eigenvalue weighted by Gasteiger charge is -2.12. The zero-order chi connectivity index (χ0) is 10.1. The van der Waals surface area contributed by atoms with E-state index in [9.17, 15) is 4.79 Å². The number of carbonyl (C=O) groups is 1. The van der Waals surface area contributed by atoms with Crippen LogP contribution in [0.25, 0.3) is 0 Å². The Balaban J connectivity index is 3.41. The lowest BCUT2D eigenvalue weighted by atomic mass is 10.4. The van der Waals surface area contributed by atoms with Gasteiger partial charge in [0.1, 0.15) is 6.10 Å². The van der Waals surface area contributed by atoms with Gasteiger partial charge in [-0.1, -0.05) is 0 Å². The van der Waals surface area contributed by atoms with Crippen molar-refractivity contribution in [3.8, 4) is 0 Å². The molecule has 0 aliphatic carbocycles. The van der Waals surface area contributed by atoms with Gasteiger partial charge in [0, 0.05) is 13.7 Å². The Morgan fingerprint density at radius 1 is 1.46 bits per heavy atom. The summed E-state index contributed by atoms with van der Waals surface area (Å²) in [6.45, 7) is 5.20. The smallest absolute Gasteiger partial charge is 0.308 e. The summed E-state index contributed by atoms with van der Waals surface area (Å²) in [5, 5.41) is 0. The van der Waals surface area contributed by atoms with Gasteiger partial charge in [0.2, 0.25) is 0 Å². The summed E-state index contributed by atoms with van der Waals surface area (Å²) in [6, 6.07) is 0. The van der Waals surface area contributed by atoms with Crippen LogP contribution in [0.5, 0.6) is 0 Å². The maximum atomic E-state index is 11.0. The molecule has 1 unspecified atom stereocenters. The molecule has 4 nitrogen and oxygen atoms in total. The van der Waals surface area contributed by atoms with Crippen molar-refractivity contribution in [2.75, 3.05) is 26.9 Å². The number of carbonyl (C=O) groups excluding carboxylic acids is 1. The fraction of sp³-hybridized carbons (Fsp3) is 0.889. The number of methoxy groups -OCH3 is 1. The summed E-state index contributed by atoms with van der Waals surface area (Å²) in [5.41, 5.74) is 0. The Hall–Kier alpha value is -0.610. The van der Waals surface area contributed by atoms with Crippen molar-refractivity contribution < 1.29 is 19.0 Å². The van der Waals surface area contributed by atoms with Gasteiger partial charge in [0.25, 0.3) is 0 Å². The van der Waals surface area contributed by atoms with E-state index in [1.807, 2.05) is 6.92 Å². The maximum Gasteiger partial charge on any atom is 0.308 e. The van der Waals surface area contributed by atoms with Crippen molar-refractivity contribution in [3.63, 3.8) is 0 Å². The van der Waals surface area contributed by atoms with Crippen molar-refractivity contribution >= 4 is 5.97 Å². The number of ether oxygens (including phenoxy) is 3. The van der Waals surface area contributed by atoms with Crippen LogP contribution < -0.4 is 0 Å². The molecule has 0 heterocycles. The fourth-order valence-corrected chi connectivity index (χ4v) is 0.787. The molecule has 0 rings (SSSR count). The second-order valence-electron chi connectivity index (χ2n) is 2.70. The van der Waals surface area contributed by atoms with Gasteiger partial charge in [-0.25, -0.2) is 0 Å². The maximum absolute atomic E-state index is 11.0. The number of hydrogen-bond donors (Lipinski definition) is 0. The van der Waals surface area contributed by atoms with Crippen molar-refractivity contribution in [2.45, 2.75) is 26.4 Å². The molecule has 0 saturated carbocycles. The molecule has 78 valence electrons. The molecule has 0 aromatic carbocycles. The van der Waals surface area contributed by atoms with Crippen LogP contribution in [0.4, 0.5) is 0 Å². The van der Waals surface area contributed by atoms with Gasteiger partial charge in [-0.3, -0.25) is 4.79 Å². The predicted molar refractivity (Wildman–Crippen MR) is 48.5 cm³/mol. The molecule has 1 atom stereocenters. The summed E-state index contributed by atoms with van der Waals surface area (Å²) in [4.78, 5) is 11.0. The van der Waals surface area contributed by atoms with Crippen molar-refractivity contribution in [1.82, 2.24) is 0 Å². The van der Waals surface area contributed by atoms with Crippen molar-refractivity contribution in [1.29, 1.82) is 0 Å². The zero-order valence-corrected chi connectivity index (χ0v) is 8.54.